The number of nitrogens with one attached hydrogen (secondary N) is 1. The predicted octanol–water partition coefficient (Wildman–Crippen LogP) is 2.20. The highest BCUT2D eigenvalue weighted by Crippen LogP contribution is 2.24. The van der Waals surface area contributed by atoms with E-state index in [9.17, 15) is 9.59 Å². The lowest BCUT2D eigenvalue weighted by molar-refractivity contribution is 0.0136. The largest absolute Gasteiger partial charge is 0.427 e. The van der Waals surface area contributed by atoms with Gasteiger partial charge >= 0.3 is 5.63 Å². The average molecular weight is 462 g/mol. The molecule has 1 aromatic rings. The predicted molar refractivity (Wildman–Crippen MR) is 120 cm³/mol. The molecule has 1 aromatic heterocycles. The van der Waals surface area contributed by atoms with Gasteiger partial charge in [0.15, 0.2) is 0 Å². The van der Waals surface area contributed by atoms with Crippen molar-refractivity contribution in [1.82, 2.24) is 15.1 Å². The van der Waals surface area contributed by atoms with Gasteiger partial charge in [-0.15, -0.1) is 24.8 Å². The van der Waals surface area contributed by atoms with Crippen LogP contribution in [-0.2, 0) is 4.74 Å². The van der Waals surface area contributed by atoms with Crippen LogP contribution in [0.25, 0.3) is 0 Å². The summed E-state index contributed by atoms with van der Waals surface area (Å²) in [6.45, 7) is 8.36. The van der Waals surface area contributed by atoms with Crippen molar-refractivity contribution in [3.63, 3.8) is 0 Å². The standard InChI is InChI=1S/C21H31N3O4.2ClH/c1-15-13-18(16-3-2-6-22-14-16)28-21(26)19(15)20(25)24-9-7-23(8-10-24)17-4-11-27-12-5-17;;/h13,16-17,22H,2-12,14H2,1H3;2*1H. The van der Waals surface area contributed by atoms with Crippen molar-refractivity contribution in [1.29, 1.82) is 0 Å². The van der Waals surface area contributed by atoms with Gasteiger partial charge in [0.05, 0.1) is 0 Å². The molecule has 0 aromatic carbocycles. The third kappa shape index (κ3) is 5.56. The lowest BCUT2D eigenvalue weighted by Crippen LogP contribution is -2.53. The van der Waals surface area contributed by atoms with Crippen LogP contribution in [0.15, 0.2) is 15.3 Å². The van der Waals surface area contributed by atoms with E-state index < -0.39 is 5.63 Å². The molecule has 0 radical (unpaired) electrons. The van der Waals surface area contributed by atoms with Crippen molar-refractivity contribution >= 4 is 30.7 Å². The summed E-state index contributed by atoms with van der Waals surface area (Å²) in [5.74, 6) is 0.731. The molecule has 3 aliphatic heterocycles. The number of piperidine rings is 1. The van der Waals surface area contributed by atoms with Crippen molar-refractivity contribution in [3.8, 4) is 0 Å². The molecule has 0 aliphatic carbocycles. The summed E-state index contributed by atoms with van der Waals surface area (Å²) in [6.07, 6.45) is 4.21. The normalized spacial score (nSPS) is 23.4. The summed E-state index contributed by atoms with van der Waals surface area (Å²) < 4.78 is 11.0. The van der Waals surface area contributed by atoms with E-state index in [2.05, 4.69) is 10.2 Å². The molecule has 170 valence electrons. The highest BCUT2D eigenvalue weighted by molar-refractivity contribution is 5.95. The smallest absolute Gasteiger partial charge is 0.349 e. The molecule has 30 heavy (non-hydrogen) atoms. The summed E-state index contributed by atoms with van der Waals surface area (Å²) >= 11 is 0. The molecule has 1 unspecified atom stereocenters. The number of ether oxygens (including phenoxy) is 1. The van der Waals surface area contributed by atoms with Crippen LogP contribution in [0.5, 0.6) is 0 Å². The first kappa shape index (κ1) is 25.1. The van der Waals surface area contributed by atoms with Gasteiger partial charge in [-0.1, -0.05) is 0 Å². The summed E-state index contributed by atoms with van der Waals surface area (Å²) in [6, 6.07) is 2.45. The van der Waals surface area contributed by atoms with Crippen molar-refractivity contribution < 1.29 is 13.9 Å². The molecule has 3 saturated heterocycles. The minimum absolute atomic E-state index is 0. The monoisotopic (exact) mass is 461 g/mol. The topological polar surface area (TPSA) is 75.0 Å². The number of carbonyl (C=O) groups excluding carboxylic acids is 1. The summed E-state index contributed by atoms with van der Waals surface area (Å²) in [5.41, 5.74) is 0.443. The van der Waals surface area contributed by atoms with Gasteiger partial charge in [0.25, 0.3) is 5.91 Å². The van der Waals surface area contributed by atoms with Crippen LogP contribution in [0.2, 0.25) is 0 Å². The number of hydrogen-bond donors (Lipinski definition) is 1. The summed E-state index contributed by atoms with van der Waals surface area (Å²) in [7, 11) is 0. The molecule has 1 atom stereocenters. The Hall–Kier alpha value is -1.12. The van der Waals surface area contributed by atoms with Crippen molar-refractivity contribution in [2.24, 2.45) is 0 Å². The number of piperazine rings is 1. The maximum Gasteiger partial charge on any atom is 0.349 e. The third-order valence-electron chi connectivity index (χ3n) is 6.39. The number of carbonyl (C=O) groups is 1. The van der Waals surface area contributed by atoms with Gasteiger partial charge in [-0.25, -0.2) is 4.79 Å². The fourth-order valence-electron chi connectivity index (χ4n) is 4.68. The molecule has 1 amide bonds. The Labute approximate surface area is 190 Å². The number of rotatable bonds is 3. The first-order chi connectivity index (χ1) is 13.6. The van der Waals surface area contributed by atoms with E-state index in [-0.39, 0.29) is 42.2 Å². The third-order valence-corrected chi connectivity index (χ3v) is 6.39. The average Bonchev–Trinajstić information content (AvgIpc) is 2.74. The van der Waals surface area contributed by atoms with Crippen LogP contribution >= 0.6 is 24.8 Å². The molecule has 9 heteroatoms. The highest BCUT2D eigenvalue weighted by Gasteiger charge is 2.30. The summed E-state index contributed by atoms with van der Waals surface area (Å²) in [4.78, 5) is 29.9. The van der Waals surface area contributed by atoms with E-state index in [1.807, 2.05) is 13.0 Å². The number of halogens is 2. The van der Waals surface area contributed by atoms with E-state index in [0.717, 1.165) is 70.6 Å². The quantitative estimate of drug-likeness (QED) is 0.743. The Bertz CT molecular complexity index is 753. The number of aryl methyl sites for hydroxylation is 1. The molecule has 3 fully saturated rings. The van der Waals surface area contributed by atoms with Gasteiger partial charge in [-0.2, -0.15) is 0 Å². The van der Waals surface area contributed by atoms with Gasteiger partial charge < -0.3 is 19.4 Å². The van der Waals surface area contributed by atoms with Gasteiger partial charge in [0.2, 0.25) is 0 Å². The van der Waals surface area contributed by atoms with E-state index in [4.69, 9.17) is 9.15 Å². The Morgan fingerprint density at radius 3 is 2.40 bits per heavy atom. The van der Waals surface area contributed by atoms with E-state index >= 15 is 0 Å². The van der Waals surface area contributed by atoms with Gasteiger partial charge in [-0.3, -0.25) is 9.69 Å². The van der Waals surface area contributed by atoms with Crippen LogP contribution in [0.3, 0.4) is 0 Å². The zero-order chi connectivity index (χ0) is 19.5. The Kier molecular flexibility index (Phi) is 9.63. The lowest BCUT2D eigenvalue weighted by atomic mass is 9.95. The van der Waals surface area contributed by atoms with E-state index in [1.165, 1.54) is 0 Å². The molecule has 3 aliphatic rings. The zero-order valence-corrected chi connectivity index (χ0v) is 19.2. The van der Waals surface area contributed by atoms with Gasteiger partial charge in [0.1, 0.15) is 11.3 Å². The fourth-order valence-corrected chi connectivity index (χ4v) is 4.68. The second-order valence-corrected chi connectivity index (χ2v) is 8.21. The molecule has 0 bridgehead atoms. The Morgan fingerprint density at radius 1 is 1.10 bits per heavy atom. The minimum atomic E-state index is -0.488. The van der Waals surface area contributed by atoms with Crippen LogP contribution in [-0.4, -0.2) is 74.2 Å². The maximum atomic E-state index is 13.0. The lowest BCUT2D eigenvalue weighted by Gasteiger charge is -2.40. The first-order valence-electron chi connectivity index (χ1n) is 10.6. The SMILES string of the molecule is Cc1cc(C2CCCNC2)oc(=O)c1C(=O)N1CCN(C2CCOCC2)CC1.Cl.Cl. The van der Waals surface area contributed by atoms with Crippen molar-refractivity contribution in [3.05, 3.63) is 33.4 Å². The highest BCUT2D eigenvalue weighted by atomic mass is 35.5. The second-order valence-electron chi connectivity index (χ2n) is 8.21. The molecule has 7 nitrogen and oxygen atoms in total. The van der Waals surface area contributed by atoms with Crippen molar-refractivity contribution in [2.75, 3.05) is 52.5 Å². The van der Waals surface area contributed by atoms with Crippen LogP contribution in [0, 0.1) is 6.92 Å². The molecule has 1 N–H and O–H groups in total. The van der Waals surface area contributed by atoms with Crippen molar-refractivity contribution in [2.45, 2.75) is 44.6 Å². The Morgan fingerprint density at radius 2 is 1.80 bits per heavy atom. The Balaban J connectivity index is 0.00000160. The number of hydrogen-bond acceptors (Lipinski definition) is 6. The molecule has 0 spiro atoms. The number of amides is 1. The minimum Gasteiger partial charge on any atom is -0.427 e. The first-order valence-corrected chi connectivity index (χ1v) is 10.6. The van der Waals surface area contributed by atoms with Gasteiger partial charge in [-0.05, 0) is 50.8 Å². The molecular formula is C21H33Cl2N3O4. The van der Waals surface area contributed by atoms with Crippen LogP contribution < -0.4 is 10.9 Å². The molecule has 4 heterocycles. The van der Waals surface area contributed by atoms with E-state index in [1.54, 1.807) is 4.90 Å². The molecule has 4 rings (SSSR count). The van der Waals surface area contributed by atoms with Crippen LogP contribution in [0.4, 0.5) is 0 Å². The molecular weight excluding hydrogens is 429 g/mol. The fraction of sp³-hybridized carbons (Fsp3) is 0.714. The molecule has 0 saturated carbocycles. The number of nitrogens with zero attached hydrogens (tertiary/aromatic N) is 2. The summed E-state index contributed by atoms with van der Waals surface area (Å²) in [5, 5.41) is 3.34. The van der Waals surface area contributed by atoms with E-state index in [0.29, 0.717) is 24.9 Å². The maximum absolute atomic E-state index is 13.0. The second kappa shape index (κ2) is 11.5. The van der Waals surface area contributed by atoms with Gasteiger partial charge in [0, 0.05) is 57.9 Å². The van der Waals surface area contributed by atoms with Crippen LogP contribution in [0.1, 0.15) is 53.3 Å². The zero-order valence-electron chi connectivity index (χ0n) is 17.6.